The molecule has 0 spiro atoms. The number of aryl methyl sites for hydroxylation is 1. The topological polar surface area (TPSA) is 9.23 Å². The molecule has 1 aromatic carbocycles. The Morgan fingerprint density at radius 2 is 2.00 bits per heavy atom. The molecule has 2 heteroatoms. The quantitative estimate of drug-likeness (QED) is 0.523. The van der Waals surface area contributed by atoms with Crippen LogP contribution in [0, 0.1) is 12.8 Å². The van der Waals surface area contributed by atoms with Crippen molar-refractivity contribution >= 4 is 14.9 Å². The Hall–Kier alpha value is -1.12. The lowest BCUT2D eigenvalue weighted by Crippen LogP contribution is -2.22. The van der Waals surface area contributed by atoms with Crippen molar-refractivity contribution in [2.45, 2.75) is 6.92 Å². The Morgan fingerprint density at radius 1 is 1.33 bits per heavy atom. The average molecular weight is 216 g/mol. The van der Waals surface area contributed by atoms with Crippen molar-refractivity contribution in [2.75, 3.05) is 6.61 Å². The van der Waals surface area contributed by atoms with Crippen LogP contribution in [0.5, 0.6) is 0 Å². The first-order valence-corrected chi connectivity index (χ1v) is 5.87. The molecule has 0 aromatic heterocycles. The Labute approximate surface area is 94.4 Å². The van der Waals surface area contributed by atoms with Crippen molar-refractivity contribution in [3.05, 3.63) is 55.1 Å². The van der Waals surface area contributed by atoms with Gasteiger partial charge in [0.1, 0.15) is 0 Å². The summed E-state index contributed by atoms with van der Waals surface area (Å²) in [5.41, 5.74) is 1.28. The maximum absolute atomic E-state index is 5.63. The van der Waals surface area contributed by atoms with Crippen LogP contribution in [0.2, 0.25) is 0 Å². The zero-order chi connectivity index (χ0) is 11.1. The monoisotopic (exact) mass is 216 g/mol. The van der Waals surface area contributed by atoms with Crippen molar-refractivity contribution in [2.24, 2.45) is 5.92 Å². The van der Waals surface area contributed by atoms with Crippen molar-refractivity contribution in [3.63, 3.8) is 0 Å². The first-order chi connectivity index (χ1) is 7.27. The summed E-state index contributed by atoms with van der Waals surface area (Å²) in [6, 6.07) is 8.28. The molecular formula is C13H16OSi. The molecule has 0 saturated carbocycles. The molecule has 1 aromatic rings. The van der Waals surface area contributed by atoms with Gasteiger partial charge in [0.15, 0.2) is 0 Å². The molecule has 0 heterocycles. The smallest absolute Gasteiger partial charge is 0.268 e. The zero-order valence-electron chi connectivity index (χ0n) is 9.07. The van der Waals surface area contributed by atoms with E-state index in [-0.39, 0.29) is 5.92 Å². The molecule has 0 N–H and O–H groups in total. The molecule has 0 saturated heterocycles. The van der Waals surface area contributed by atoms with Gasteiger partial charge in [-0.05, 0) is 17.7 Å². The zero-order valence-corrected chi connectivity index (χ0v) is 10.1. The van der Waals surface area contributed by atoms with Gasteiger partial charge in [0, 0.05) is 12.5 Å². The highest BCUT2D eigenvalue weighted by atomic mass is 28.2. The second-order valence-electron chi connectivity index (χ2n) is 3.36. The largest absolute Gasteiger partial charge is 0.410 e. The summed E-state index contributed by atoms with van der Waals surface area (Å²) in [5, 5.41) is 1.27. The average Bonchev–Trinajstić information content (AvgIpc) is 2.27. The van der Waals surface area contributed by atoms with Gasteiger partial charge in [-0.2, -0.15) is 0 Å². The van der Waals surface area contributed by atoms with Crippen LogP contribution in [0.1, 0.15) is 5.56 Å². The predicted molar refractivity (Wildman–Crippen MR) is 66.4 cm³/mol. The van der Waals surface area contributed by atoms with E-state index in [9.17, 15) is 0 Å². The molecule has 0 amide bonds. The second kappa shape index (κ2) is 6.38. The number of hydrogen-bond donors (Lipinski definition) is 0. The van der Waals surface area contributed by atoms with Crippen molar-refractivity contribution in [1.29, 1.82) is 0 Å². The first-order valence-electron chi connectivity index (χ1n) is 4.96. The summed E-state index contributed by atoms with van der Waals surface area (Å²) in [5.74, 6) is 0.251. The summed E-state index contributed by atoms with van der Waals surface area (Å²) >= 11 is 0. The molecule has 2 radical (unpaired) electrons. The van der Waals surface area contributed by atoms with Crippen LogP contribution >= 0.6 is 0 Å². The van der Waals surface area contributed by atoms with Crippen molar-refractivity contribution in [1.82, 2.24) is 0 Å². The van der Waals surface area contributed by atoms with Gasteiger partial charge in [-0.25, -0.2) is 0 Å². The molecule has 15 heavy (non-hydrogen) atoms. The van der Waals surface area contributed by atoms with Crippen LogP contribution in [0.3, 0.4) is 0 Å². The van der Waals surface area contributed by atoms with Gasteiger partial charge in [-0.15, -0.1) is 13.2 Å². The molecule has 0 atom stereocenters. The van der Waals surface area contributed by atoms with Crippen LogP contribution in [0.25, 0.3) is 0 Å². The molecule has 0 fully saturated rings. The van der Waals surface area contributed by atoms with Crippen molar-refractivity contribution < 1.29 is 4.43 Å². The predicted octanol–water partition coefficient (Wildman–Crippen LogP) is 2.24. The highest BCUT2D eigenvalue weighted by Crippen LogP contribution is 1.99. The third-order valence-corrected chi connectivity index (χ3v) is 3.30. The molecule has 78 valence electrons. The summed E-state index contributed by atoms with van der Waals surface area (Å²) in [6.45, 7) is 10.2. The fraction of sp³-hybridized carbons (Fsp3) is 0.231. The molecule has 0 aliphatic rings. The SMILES string of the molecule is C=CC(C=C)CO[Si]c1ccccc1C. The minimum Gasteiger partial charge on any atom is -0.410 e. The van der Waals surface area contributed by atoms with Crippen LogP contribution < -0.4 is 5.19 Å². The Balaban J connectivity index is 2.41. The first kappa shape index (κ1) is 11.9. The van der Waals surface area contributed by atoms with E-state index in [4.69, 9.17) is 4.43 Å². The highest BCUT2D eigenvalue weighted by molar-refractivity contribution is 6.47. The number of benzene rings is 1. The molecule has 0 aliphatic heterocycles. The van der Waals surface area contributed by atoms with E-state index in [1.54, 1.807) is 0 Å². The van der Waals surface area contributed by atoms with Gasteiger partial charge < -0.3 is 4.43 Å². The number of rotatable bonds is 6. The van der Waals surface area contributed by atoms with Crippen LogP contribution in [0.15, 0.2) is 49.6 Å². The minimum atomic E-state index is 0.251. The van der Waals surface area contributed by atoms with Crippen LogP contribution in [-0.2, 0) is 4.43 Å². The van der Waals surface area contributed by atoms with Gasteiger partial charge in [0.05, 0.1) is 0 Å². The standard InChI is InChI=1S/C13H16OSi/c1-4-12(5-2)10-14-15-13-9-7-6-8-11(13)3/h4-9,12H,1-2,10H2,3H3. The van der Waals surface area contributed by atoms with E-state index in [1.807, 2.05) is 24.3 Å². The van der Waals surface area contributed by atoms with E-state index in [0.29, 0.717) is 16.4 Å². The maximum atomic E-state index is 5.63. The molecule has 0 unspecified atom stereocenters. The molecule has 0 bridgehead atoms. The van der Waals surface area contributed by atoms with Gasteiger partial charge in [0.2, 0.25) is 0 Å². The van der Waals surface area contributed by atoms with E-state index in [1.165, 1.54) is 10.8 Å². The van der Waals surface area contributed by atoms with Gasteiger partial charge in [-0.3, -0.25) is 0 Å². The molecule has 1 nitrogen and oxygen atoms in total. The molecule has 1 rings (SSSR count). The Kier molecular flexibility index (Phi) is 5.08. The van der Waals surface area contributed by atoms with Crippen molar-refractivity contribution in [3.8, 4) is 0 Å². The van der Waals surface area contributed by atoms with E-state index in [2.05, 4.69) is 32.2 Å². The summed E-state index contributed by atoms with van der Waals surface area (Å²) < 4.78 is 5.63. The van der Waals surface area contributed by atoms with E-state index < -0.39 is 0 Å². The van der Waals surface area contributed by atoms with Gasteiger partial charge in [0.25, 0.3) is 9.76 Å². The Bertz CT molecular complexity index is 325. The summed E-state index contributed by atoms with van der Waals surface area (Å²) in [4.78, 5) is 0. The normalized spacial score (nSPS) is 10.3. The highest BCUT2D eigenvalue weighted by Gasteiger charge is 2.02. The minimum absolute atomic E-state index is 0.251. The van der Waals surface area contributed by atoms with Gasteiger partial charge >= 0.3 is 0 Å². The van der Waals surface area contributed by atoms with Crippen LogP contribution in [0.4, 0.5) is 0 Å². The molecule has 0 aliphatic carbocycles. The maximum Gasteiger partial charge on any atom is 0.268 e. The second-order valence-corrected chi connectivity index (χ2v) is 4.39. The van der Waals surface area contributed by atoms with Crippen LogP contribution in [-0.4, -0.2) is 16.4 Å². The summed E-state index contributed by atoms with van der Waals surface area (Å²) in [6.07, 6.45) is 3.71. The van der Waals surface area contributed by atoms with Gasteiger partial charge in [-0.1, -0.05) is 36.4 Å². The van der Waals surface area contributed by atoms with E-state index >= 15 is 0 Å². The molecular weight excluding hydrogens is 200 g/mol. The lowest BCUT2D eigenvalue weighted by atomic mass is 10.2. The third kappa shape index (κ3) is 3.86. The lowest BCUT2D eigenvalue weighted by Gasteiger charge is -2.08. The number of hydrogen-bond acceptors (Lipinski definition) is 1. The summed E-state index contributed by atoms with van der Waals surface area (Å²) in [7, 11) is 0.407. The fourth-order valence-electron chi connectivity index (χ4n) is 1.14. The van der Waals surface area contributed by atoms with E-state index in [0.717, 1.165) is 0 Å². The lowest BCUT2D eigenvalue weighted by molar-refractivity contribution is 0.319. The fourth-order valence-corrected chi connectivity index (χ4v) is 1.98. The third-order valence-electron chi connectivity index (χ3n) is 2.21. The Morgan fingerprint density at radius 3 is 2.60 bits per heavy atom.